The van der Waals surface area contributed by atoms with Crippen molar-refractivity contribution in [3.63, 3.8) is 0 Å². The summed E-state index contributed by atoms with van der Waals surface area (Å²) in [6.45, 7) is -0.621. The van der Waals surface area contributed by atoms with Crippen molar-refractivity contribution in [1.82, 2.24) is 0 Å². The third kappa shape index (κ3) is 7.42. The first-order valence-electron chi connectivity index (χ1n) is 3.39. The molecule has 0 fully saturated rings. The van der Waals surface area contributed by atoms with Crippen LogP contribution in [0.4, 0.5) is 0 Å². The molecule has 4 N–H and O–H groups in total. The van der Waals surface area contributed by atoms with Crippen molar-refractivity contribution in [1.29, 1.82) is 0 Å². The highest BCUT2D eigenvalue weighted by atomic mass is 16.7. The highest BCUT2D eigenvalue weighted by Crippen LogP contribution is 2.00. The molecule has 0 unspecified atom stereocenters. The minimum Gasteiger partial charge on any atom is -0.465 e. The van der Waals surface area contributed by atoms with Crippen molar-refractivity contribution in [3.05, 3.63) is 0 Å². The normalized spacial score (nSPS) is 11.3. The first-order chi connectivity index (χ1) is 5.45. The Labute approximate surface area is 69.0 Å². The minimum absolute atomic E-state index is 0.144. The number of rotatable bonds is 5. The first kappa shape index (κ1) is 11.3. The lowest BCUT2D eigenvalue weighted by Crippen LogP contribution is -2.29. The summed E-state index contributed by atoms with van der Waals surface area (Å²) in [5.74, 6) is -3.46. The van der Waals surface area contributed by atoms with Crippen LogP contribution in [-0.4, -0.2) is 45.6 Å². The summed E-state index contributed by atoms with van der Waals surface area (Å²) >= 11 is 0. The number of carbonyl (C=O) groups excluding carboxylic acids is 1. The molecule has 0 bridgehead atoms. The van der Waals surface area contributed by atoms with E-state index in [1.165, 1.54) is 0 Å². The van der Waals surface area contributed by atoms with Gasteiger partial charge in [0, 0.05) is 0 Å². The number of hydrogen-bond acceptors (Lipinski definition) is 6. The van der Waals surface area contributed by atoms with Crippen LogP contribution in [0.5, 0.6) is 0 Å². The standard InChI is InChI=1S/C6H12O6/c7-3-1-5(8)12-4-2-6(9,10)11/h7,9-11H,1-4H2. The van der Waals surface area contributed by atoms with Crippen molar-refractivity contribution in [2.24, 2.45) is 0 Å². The van der Waals surface area contributed by atoms with Gasteiger partial charge in [-0.1, -0.05) is 0 Å². The zero-order valence-corrected chi connectivity index (χ0v) is 6.43. The summed E-state index contributed by atoms with van der Waals surface area (Å²) in [6.07, 6.45) is -0.626. The molecule has 6 nitrogen and oxygen atoms in total. The van der Waals surface area contributed by atoms with E-state index in [2.05, 4.69) is 4.74 Å². The Morgan fingerprint density at radius 3 is 2.33 bits per heavy atom. The van der Waals surface area contributed by atoms with E-state index in [9.17, 15) is 4.79 Å². The second-order valence-electron chi connectivity index (χ2n) is 2.22. The van der Waals surface area contributed by atoms with E-state index < -0.39 is 18.4 Å². The number of ether oxygens (including phenoxy) is 1. The van der Waals surface area contributed by atoms with E-state index >= 15 is 0 Å². The maximum atomic E-state index is 10.5. The molecule has 72 valence electrons. The Balaban J connectivity index is 3.37. The van der Waals surface area contributed by atoms with Gasteiger partial charge in [-0.15, -0.1) is 0 Å². The molecule has 0 aliphatic carbocycles. The molecule has 0 amide bonds. The van der Waals surface area contributed by atoms with Crippen molar-refractivity contribution in [3.8, 4) is 0 Å². The first-order valence-corrected chi connectivity index (χ1v) is 3.39. The predicted octanol–water partition coefficient (Wildman–Crippen LogP) is -2.07. The van der Waals surface area contributed by atoms with E-state index in [4.69, 9.17) is 20.4 Å². The molecule has 0 aromatic rings. The summed E-state index contributed by atoms with van der Waals surface area (Å²) in [6, 6.07) is 0. The Morgan fingerprint density at radius 2 is 1.92 bits per heavy atom. The molecule has 0 saturated heterocycles. The van der Waals surface area contributed by atoms with Crippen LogP contribution in [0.25, 0.3) is 0 Å². The van der Waals surface area contributed by atoms with Gasteiger partial charge in [0.15, 0.2) is 0 Å². The van der Waals surface area contributed by atoms with Gasteiger partial charge in [-0.2, -0.15) is 0 Å². The quantitative estimate of drug-likeness (QED) is 0.286. The molecule has 0 aromatic heterocycles. The minimum atomic E-state index is -2.81. The van der Waals surface area contributed by atoms with Crippen LogP contribution in [0, 0.1) is 0 Å². The summed E-state index contributed by atoms with van der Waals surface area (Å²) < 4.78 is 4.38. The van der Waals surface area contributed by atoms with Gasteiger partial charge < -0.3 is 25.2 Å². The molecule has 0 aliphatic heterocycles. The number of hydrogen-bond donors (Lipinski definition) is 4. The van der Waals surface area contributed by atoms with Gasteiger partial charge in [-0.05, 0) is 0 Å². The van der Waals surface area contributed by atoms with Crippen LogP contribution in [0.2, 0.25) is 0 Å². The molecule has 0 heterocycles. The lowest BCUT2D eigenvalue weighted by atomic mass is 10.4. The van der Waals surface area contributed by atoms with Gasteiger partial charge in [0.2, 0.25) is 0 Å². The lowest BCUT2D eigenvalue weighted by molar-refractivity contribution is -0.317. The topological polar surface area (TPSA) is 107 Å². The summed E-state index contributed by atoms with van der Waals surface area (Å²) in [4.78, 5) is 10.5. The predicted molar refractivity (Wildman–Crippen MR) is 36.7 cm³/mol. The molecule has 0 rings (SSSR count). The van der Waals surface area contributed by atoms with Crippen LogP contribution in [0.1, 0.15) is 12.8 Å². The summed E-state index contributed by atoms with van der Waals surface area (Å²) in [7, 11) is 0. The molecule has 6 heteroatoms. The zero-order chi connectivity index (χ0) is 9.61. The Morgan fingerprint density at radius 1 is 1.33 bits per heavy atom. The van der Waals surface area contributed by atoms with Gasteiger partial charge in [0.1, 0.15) is 0 Å². The third-order valence-electron chi connectivity index (χ3n) is 1.02. The Hall–Kier alpha value is -0.690. The fraction of sp³-hybridized carbons (Fsp3) is 0.833. The number of aliphatic hydroxyl groups excluding tert-OH is 1. The SMILES string of the molecule is O=C(CCO)OCCC(O)(O)O. The van der Waals surface area contributed by atoms with Crippen molar-refractivity contribution in [2.75, 3.05) is 13.2 Å². The second-order valence-corrected chi connectivity index (χ2v) is 2.22. The molecule has 0 aliphatic rings. The number of esters is 1. The highest BCUT2D eigenvalue weighted by molar-refractivity contribution is 5.69. The number of aliphatic hydroxyl groups is 4. The zero-order valence-electron chi connectivity index (χ0n) is 6.43. The molecule has 0 spiro atoms. The fourth-order valence-corrected chi connectivity index (χ4v) is 0.465. The van der Waals surface area contributed by atoms with Gasteiger partial charge >= 0.3 is 5.97 Å². The fourth-order valence-electron chi connectivity index (χ4n) is 0.465. The summed E-state index contributed by atoms with van der Waals surface area (Å²) in [5, 5.41) is 33.2. The van der Waals surface area contributed by atoms with E-state index in [1.807, 2.05) is 0 Å². The van der Waals surface area contributed by atoms with Crippen LogP contribution in [0.3, 0.4) is 0 Å². The lowest BCUT2D eigenvalue weighted by Gasteiger charge is -2.13. The van der Waals surface area contributed by atoms with Crippen molar-refractivity contribution >= 4 is 5.97 Å². The molecule has 0 saturated carbocycles. The molecular weight excluding hydrogens is 168 g/mol. The maximum Gasteiger partial charge on any atom is 0.308 e. The number of carbonyl (C=O) groups is 1. The summed E-state index contributed by atoms with van der Waals surface area (Å²) in [5.41, 5.74) is 0. The maximum absolute atomic E-state index is 10.5. The van der Waals surface area contributed by atoms with Crippen LogP contribution in [0.15, 0.2) is 0 Å². The molecular formula is C6H12O6. The van der Waals surface area contributed by atoms with E-state index in [-0.39, 0.29) is 19.6 Å². The largest absolute Gasteiger partial charge is 0.465 e. The highest BCUT2D eigenvalue weighted by Gasteiger charge is 2.18. The van der Waals surface area contributed by atoms with E-state index in [0.717, 1.165) is 0 Å². The van der Waals surface area contributed by atoms with Gasteiger partial charge in [-0.25, -0.2) is 0 Å². The molecule has 0 aromatic carbocycles. The van der Waals surface area contributed by atoms with Gasteiger partial charge in [0.25, 0.3) is 5.97 Å². The van der Waals surface area contributed by atoms with Crippen LogP contribution < -0.4 is 0 Å². The molecule has 0 atom stereocenters. The average Bonchev–Trinajstić information content (AvgIpc) is 1.84. The van der Waals surface area contributed by atoms with E-state index in [1.54, 1.807) is 0 Å². The third-order valence-corrected chi connectivity index (χ3v) is 1.02. The average molecular weight is 180 g/mol. The van der Waals surface area contributed by atoms with Crippen molar-refractivity contribution in [2.45, 2.75) is 18.8 Å². The Bertz CT molecular complexity index is 137. The second kappa shape index (κ2) is 5.04. The smallest absolute Gasteiger partial charge is 0.308 e. The van der Waals surface area contributed by atoms with Crippen LogP contribution >= 0.6 is 0 Å². The van der Waals surface area contributed by atoms with E-state index in [0.29, 0.717) is 0 Å². The van der Waals surface area contributed by atoms with Crippen LogP contribution in [-0.2, 0) is 9.53 Å². The molecule has 0 radical (unpaired) electrons. The van der Waals surface area contributed by atoms with Gasteiger partial charge in [-0.3, -0.25) is 4.79 Å². The van der Waals surface area contributed by atoms with Gasteiger partial charge in [0.05, 0.1) is 26.1 Å². The molecule has 12 heavy (non-hydrogen) atoms. The Kier molecular flexibility index (Phi) is 4.75. The monoisotopic (exact) mass is 180 g/mol. The van der Waals surface area contributed by atoms with Crippen molar-refractivity contribution < 1.29 is 30.0 Å².